The van der Waals surface area contributed by atoms with Crippen LogP contribution in [0, 0.1) is 0 Å². The molecule has 0 bridgehead atoms. The van der Waals surface area contributed by atoms with Crippen LogP contribution in [0.5, 0.6) is 0 Å². The van der Waals surface area contributed by atoms with Crippen molar-refractivity contribution in [3.63, 3.8) is 0 Å². The molecule has 0 atom stereocenters. The molecule has 90 valence electrons. The third-order valence-corrected chi connectivity index (χ3v) is 3.05. The third kappa shape index (κ3) is 3.41. The zero-order chi connectivity index (χ0) is 12.0. The Morgan fingerprint density at radius 1 is 1.62 bits per heavy atom. The predicted octanol–water partition coefficient (Wildman–Crippen LogP) is 0.210. The van der Waals surface area contributed by atoms with Gasteiger partial charge in [-0.3, -0.25) is 9.36 Å². The number of aromatic amines is 1. The summed E-state index contributed by atoms with van der Waals surface area (Å²) in [6.45, 7) is 2.70. The summed E-state index contributed by atoms with van der Waals surface area (Å²) in [6, 6.07) is 0. The lowest BCUT2D eigenvalue weighted by atomic mass is 10.3. The van der Waals surface area contributed by atoms with E-state index < -0.39 is 0 Å². The first-order valence-corrected chi connectivity index (χ1v) is 6.16. The number of aromatic nitrogens is 3. The summed E-state index contributed by atoms with van der Waals surface area (Å²) in [5.74, 6) is 0.190. The Kier molecular flexibility index (Phi) is 5.10. The number of carbonyl (C=O) groups is 1. The molecule has 2 N–H and O–H groups in total. The van der Waals surface area contributed by atoms with E-state index in [1.165, 1.54) is 11.8 Å². The van der Waals surface area contributed by atoms with E-state index in [0.717, 1.165) is 12.8 Å². The zero-order valence-electron chi connectivity index (χ0n) is 9.45. The van der Waals surface area contributed by atoms with Gasteiger partial charge in [0.25, 0.3) is 0 Å². The van der Waals surface area contributed by atoms with E-state index in [-0.39, 0.29) is 17.3 Å². The van der Waals surface area contributed by atoms with Gasteiger partial charge in [-0.25, -0.2) is 9.89 Å². The lowest BCUT2D eigenvalue weighted by molar-refractivity contribution is -0.118. The van der Waals surface area contributed by atoms with Crippen molar-refractivity contribution < 1.29 is 4.79 Å². The van der Waals surface area contributed by atoms with Crippen molar-refractivity contribution in [3.8, 4) is 0 Å². The van der Waals surface area contributed by atoms with Crippen molar-refractivity contribution in [2.24, 2.45) is 0 Å². The highest BCUT2D eigenvalue weighted by molar-refractivity contribution is 7.99. The normalized spacial score (nSPS) is 10.4. The van der Waals surface area contributed by atoms with Crippen LogP contribution >= 0.6 is 11.8 Å². The molecule has 6 nitrogen and oxygen atoms in total. The molecular weight excluding hydrogens is 228 g/mol. The van der Waals surface area contributed by atoms with Crippen LogP contribution in [0.15, 0.2) is 9.95 Å². The number of nitrogens with one attached hydrogen (secondary N) is 2. The molecule has 0 aliphatic carbocycles. The van der Waals surface area contributed by atoms with Gasteiger partial charge in [0.1, 0.15) is 0 Å². The maximum absolute atomic E-state index is 11.4. The largest absolute Gasteiger partial charge is 0.358 e. The Morgan fingerprint density at radius 3 is 3.00 bits per heavy atom. The van der Waals surface area contributed by atoms with Crippen molar-refractivity contribution in [2.75, 3.05) is 12.8 Å². The molecule has 1 aromatic rings. The fourth-order valence-electron chi connectivity index (χ4n) is 1.13. The van der Waals surface area contributed by atoms with E-state index in [9.17, 15) is 9.59 Å². The highest BCUT2D eigenvalue weighted by Gasteiger charge is 2.09. The highest BCUT2D eigenvalue weighted by Crippen LogP contribution is 2.12. The molecule has 0 fully saturated rings. The fraction of sp³-hybridized carbons (Fsp3) is 0.667. The van der Waals surface area contributed by atoms with Gasteiger partial charge >= 0.3 is 5.69 Å². The molecule has 0 aromatic carbocycles. The van der Waals surface area contributed by atoms with Crippen LogP contribution in [0.3, 0.4) is 0 Å². The van der Waals surface area contributed by atoms with Gasteiger partial charge in [-0.15, -0.1) is 5.10 Å². The quantitative estimate of drug-likeness (QED) is 0.701. The molecule has 0 aliphatic rings. The molecule has 1 heterocycles. The van der Waals surface area contributed by atoms with Crippen LogP contribution in [-0.2, 0) is 11.3 Å². The number of hydrogen-bond acceptors (Lipinski definition) is 4. The van der Waals surface area contributed by atoms with Crippen molar-refractivity contribution in [3.05, 3.63) is 10.5 Å². The smallest absolute Gasteiger partial charge is 0.343 e. The van der Waals surface area contributed by atoms with Crippen LogP contribution in [0.25, 0.3) is 0 Å². The number of carbonyl (C=O) groups excluding carboxylic acids is 1. The first-order chi connectivity index (χ1) is 7.69. The van der Waals surface area contributed by atoms with Crippen molar-refractivity contribution in [1.82, 2.24) is 20.1 Å². The van der Waals surface area contributed by atoms with Gasteiger partial charge in [-0.2, -0.15) is 0 Å². The van der Waals surface area contributed by atoms with Crippen molar-refractivity contribution in [2.45, 2.75) is 31.5 Å². The Bertz CT molecular complexity index is 398. The van der Waals surface area contributed by atoms with Crippen LogP contribution in [-0.4, -0.2) is 33.5 Å². The summed E-state index contributed by atoms with van der Waals surface area (Å²) in [5.41, 5.74) is -0.215. The van der Waals surface area contributed by atoms with Crippen LogP contribution < -0.4 is 11.0 Å². The number of amides is 1. The van der Waals surface area contributed by atoms with Gasteiger partial charge < -0.3 is 5.32 Å². The second kappa shape index (κ2) is 6.37. The van der Waals surface area contributed by atoms with E-state index in [1.54, 1.807) is 11.6 Å². The summed E-state index contributed by atoms with van der Waals surface area (Å²) in [7, 11) is 1.58. The summed E-state index contributed by atoms with van der Waals surface area (Å²) in [4.78, 5) is 22.5. The average Bonchev–Trinajstić information content (AvgIpc) is 2.64. The van der Waals surface area contributed by atoms with Gasteiger partial charge in [0.2, 0.25) is 5.91 Å². The molecule has 1 rings (SSSR count). The van der Waals surface area contributed by atoms with Gasteiger partial charge in [0.15, 0.2) is 5.16 Å². The molecule has 0 saturated carbocycles. The number of thioether (sulfide) groups is 1. The summed E-state index contributed by atoms with van der Waals surface area (Å²) in [5, 5.41) is 9.37. The Morgan fingerprint density at radius 2 is 2.38 bits per heavy atom. The lowest BCUT2D eigenvalue weighted by Gasteiger charge is -2.03. The minimum absolute atomic E-state index is 0.0810. The molecule has 7 heteroatoms. The first kappa shape index (κ1) is 12.8. The SMILES string of the molecule is CCCCn1c(SCC(=O)NC)n[nH]c1=O. The molecule has 0 radical (unpaired) electrons. The monoisotopic (exact) mass is 244 g/mol. The Hall–Kier alpha value is -1.24. The number of nitrogens with zero attached hydrogens (tertiary/aromatic N) is 2. The highest BCUT2D eigenvalue weighted by atomic mass is 32.2. The van der Waals surface area contributed by atoms with Gasteiger partial charge in [0.05, 0.1) is 5.75 Å². The predicted molar refractivity (Wildman–Crippen MR) is 62.5 cm³/mol. The molecule has 0 saturated heterocycles. The summed E-state index contributed by atoms with van der Waals surface area (Å²) >= 11 is 1.26. The summed E-state index contributed by atoms with van der Waals surface area (Å²) in [6.07, 6.45) is 1.93. The standard InChI is InChI=1S/C9H16N4O2S/c1-3-4-5-13-8(15)11-12-9(13)16-6-7(14)10-2/h3-6H2,1-2H3,(H,10,14)(H,11,15). The maximum Gasteiger partial charge on any atom is 0.343 e. The molecule has 0 unspecified atom stereocenters. The topological polar surface area (TPSA) is 79.8 Å². The third-order valence-electron chi connectivity index (χ3n) is 2.07. The van der Waals surface area contributed by atoms with Gasteiger partial charge in [-0.05, 0) is 6.42 Å². The molecule has 16 heavy (non-hydrogen) atoms. The first-order valence-electron chi connectivity index (χ1n) is 5.17. The van der Waals surface area contributed by atoms with Crippen LogP contribution in [0.1, 0.15) is 19.8 Å². The van der Waals surface area contributed by atoms with Gasteiger partial charge in [0, 0.05) is 13.6 Å². The van der Waals surface area contributed by atoms with E-state index in [4.69, 9.17) is 0 Å². The van der Waals surface area contributed by atoms with E-state index in [0.29, 0.717) is 11.7 Å². The Balaban J connectivity index is 2.65. The van der Waals surface area contributed by atoms with Crippen LogP contribution in [0.2, 0.25) is 0 Å². The molecule has 0 aliphatic heterocycles. The second-order valence-corrected chi connectivity index (χ2v) is 4.22. The molecular formula is C9H16N4O2S. The summed E-state index contributed by atoms with van der Waals surface area (Å²) < 4.78 is 1.57. The average molecular weight is 244 g/mol. The minimum atomic E-state index is -0.215. The number of unbranched alkanes of at least 4 members (excludes halogenated alkanes) is 1. The van der Waals surface area contributed by atoms with Crippen molar-refractivity contribution >= 4 is 17.7 Å². The molecule has 1 aromatic heterocycles. The zero-order valence-corrected chi connectivity index (χ0v) is 10.3. The van der Waals surface area contributed by atoms with Crippen LogP contribution in [0.4, 0.5) is 0 Å². The van der Waals surface area contributed by atoms with E-state index in [1.807, 2.05) is 0 Å². The second-order valence-electron chi connectivity index (χ2n) is 3.28. The Labute approximate surface area is 97.8 Å². The maximum atomic E-state index is 11.4. The van der Waals surface area contributed by atoms with Crippen molar-refractivity contribution in [1.29, 1.82) is 0 Å². The number of H-pyrrole nitrogens is 1. The van der Waals surface area contributed by atoms with E-state index in [2.05, 4.69) is 22.4 Å². The minimum Gasteiger partial charge on any atom is -0.358 e. The molecule has 1 amide bonds. The number of rotatable bonds is 6. The lowest BCUT2D eigenvalue weighted by Crippen LogP contribution is -2.21. The fourth-order valence-corrected chi connectivity index (χ4v) is 1.97. The number of hydrogen-bond donors (Lipinski definition) is 2. The van der Waals surface area contributed by atoms with E-state index >= 15 is 0 Å². The molecule has 0 spiro atoms. The van der Waals surface area contributed by atoms with Gasteiger partial charge in [-0.1, -0.05) is 25.1 Å².